The number of halogens is 2. The molecule has 1 aliphatic heterocycles. The molecular formula is C13H16F2N2O2. The maximum absolute atomic E-state index is 13.0. The highest BCUT2D eigenvalue weighted by Crippen LogP contribution is 2.26. The maximum Gasteiger partial charge on any atom is 0.267 e. The molecule has 0 unspecified atom stereocenters. The van der Waals surface area contributed by atoms with E-state index in [1.165, 1.54) is 0 Å². The molecule has 0 radical (unpaired) electrons. The van der Waals surface area contributed by atoms with Crippen LogP contribution in [0.25, 0.3) is 0 Å². The number of hydrogen-bond donors (Lipinski definition) is 1. The molecule has 1 aliphatic rings. The monoisotopic (exact) mass is 270 g/mol. The van der Waals surface area contributed by atoms with Gasteiger partial charge in [-0.2, -0.15) is 0 Å². The number of hydrogen-bond acceptors (Lipinski definition) is 3. The van der Waals surface area contributed by atoms with Crippen LogP contribution in [0.2, 0.25) is 0 Å². The zero-order valence-electron chi connectivity index (χ0n) is 10.4. The topological polar surface area (TPSA) is 55.6 Å². The van der Waals surface area contributed by atoms with Crippen LogP contribution in [0.4, 0.5) is 8.78 Å². The molecule has 1 heterocycles. The van der Waals surface area contributed by atoms with Crippen molar-refractivity contribution in [2.24, 2.45) is 5.73 Å². The van der Waals surface area contributed by atoms with Gasteiger partial charge in [0.2, 0.25) is 0 Å². The summed E-state index contributed by atoms with van der Waals surface area (Å²) in [4.78, 5) is 12.8. The lowest BCUT2D eigenvalue weighted by atomic mass is 10.2. The number of nitrogens with zero attached hydrogens (tertiary/aromatic N) is 1. The molecular weight excluding hydrogens is 254 g/mol. The number of carbonyl (C=O) groups excluding carboxylic acids is 1. The van der Waals surface area contributed by atoms with Gasteiger partial charge in [-0.1, -0.05) is 12.1 Å². The average Bonchev–Trinajstić information content (AvgIpc) is 2.76. The molecule has 1 amide bonds. The number of alkyl halides is 2. The summed E-state index contributed by atoms with van der Waals surface area (Å²) in [6.45, 7) is -0.288. The Balaban J connectivity index is 1.86. The highest BCUT2D eigenvalue weighted by atomic mass is 19.3. The van der Waals surface area contributed by atoms with Gasteiger partial charge >= 0.3 is 0 Å². The molecule has 0 bridgehead atoms. The van der Waals surface area contributed by atoms with Crippen molar-refractivity contribution >= 4 is 5.91 Å². The van der Waals surface area contributed by atoms with Crippen molar-refractivity contribution in [3.63, 3.8) is 0 Å². The summed E-state index contributed by atoms with van der Waals surface area (Å²) >= 11 is 0. The molecule has 0 atom stereocenters. The van der Waals surface area contributed by atoms with Gasteiger partial charge in [0.1, 0.15) is 5.75 Å². The van der Waals surface area contributed by atoms with Crippen LogP contribution in [0.3, 0.4) is 0 Å². The number of amides is 1. The Labute approximate surface area is 110 Å². The molecule has 0 aromatic heterocycles. The number of carbonyl (C=O) groups is 1. The van der Waals surface area contributed by atoms with Crippen molar-refractivity contribution in [1.29, 1.82) is 0 Å². The average molecular weight is 270 g/mol. The van der Waals surface area contributed by atoms with Crippen LogP contribution in [0.15, 0.2) is 24.3 Å². The van der Waals surface area contributed by atoms with E-state index in [4.69, 9.17) is 10.5 Å². The van der Waals surface area contributed by atoms with Gasteiger partial charge in [0.05, 0.1) is 6.54 Å². The zero-order valence-corrected chi connectivity index (χ0v) is 10.4. The van der Waals surface area contributed by atoms with Crippen LogP contribution in [0, 0.1) is 0 Å². The molecule has 0 saturated carbocycles. The fourth-order valence-electron chi connectivity index (χ4n) is 1.95. The Morgan fingerprint density at radius 1 is 1.47 bits per heavy atom. The van der Waals surface area contributed by atoms with Crippen molar-refractivity contribution in [3.8, 4) is 5.75 Å². The van der Waals surface area contributed by atoms with E-state index in [-0.39, 0.29) is 19.6 Å². The number of nitrogens with two attached hydrogens (primary N) is 1. The van der Waals surface area contributed by atoms with Crippen LogP contribution in [0.5, 0.6) is 5.75 Å². The molecule has 2 rings (SSSR count). The van der Waals surface area contributed by atoms with Gasteiger partial charge in [0.15, 0.2) is 6.61 Å². The van der Waals surface area contributed by atoms with Crippen LogP contribution in [-0.4, -0.2) is 36.4 Å². The molecule has 1 fully saturated rings. The van der Waals surface area contributed by atoms with E-state index in [2.05, 4.69) is 0 Å². The third kappa shape index (κ3) is 3.64. The Morgan fingerprint density at radius 3 is 2.89 bits per heavy atom. The minimum atomic E-state index is -2.77. The summed E-state index contributed by atoms with van der Waals surface area (Å²) in [6.07, 6.45) is -0.276. The fraction of sp³-hybridized carbons (Fsp3) is 0.462. The summed E-state index contributed by atoms with van der Waals surface area (Å²) in [6, 6.07) is 7.04. The SMILES string of the molecule is NCc1cccc(OCC(=O)N2CCC(F)(F)C2)c1. The van der Waals surface area contributed by atoms with Crippen molar-refractivity contribution < 1.29 is 18.3 Å². The minimum absolute atomic E-state index is 0.0814. The van der Waals surface area contributed by atoms with Crippen LogP contribution in [0.1, 0.15) is 12.0 Å². The lowest BCUT2D eigenvalue weighted by molar-refractivity contribution is -0.133. The van der Waals surface area contributed by atoms with E-state index >= 15 is 0 Å². The first-order valence-corrected chi connectivity index (χ1v) is 6.07. The van der Waals surface area contributed by atoms with Crippen molar-refractivity contribution in [1.82, 2.24) is 4.90 Å². The molecule has 2 N–H and O–H groups in total. The molecule has 6 heteroatoms. The second-order valence-corrected chi connectivity index (χ2v) is 4.56. The second kappa shape index (κ2) is 5.52. The van der Waals surface area contributed by atoms with E-state index in [1.807, 2.05) is 6.07 Å². The number of likely N-dealkylation sites (tertiary alicyclic amines) is 1. The first kappa shape index (κ1) is 13.7. The van der Waals surface area contributed by atoms with E-state index in [1.54, 1.807) is 18.2 Å². The fourth-order valence-corrected chi connectivity index (χ4v) is 1.95. The highest BCUT2D eigenvalue weighted by molar-refractivity contribution is 5.78. The minimum Gasteiger partial charge on any atom is -0.484 e. The van der Waals surface area contributed by atoms with Gasteiger partial charge in [-0.15, -0.1) is 0 Å². The van der Waals surface area contributed by atoms with Crippen LogP contribution >= 0.6 is 0 Å². The Kier molecular flexibility index (Phi) is 3.99. The molecule has 1 aromatic carbocycles. The molecule has 19 heavy (non-hydrogen) atoms. The predicted octanol–water partition coefficient (Wildman–Crippen LogP) is 1.39. The van der Waals surface area contributed by atoms with Crippen LogP contribution < -0.4 is 10.5 Å². The third-order valence-corrected chi connectivity index (χ3v) is 3.02. The quantitative estimate of drug-likeness (QED) is 0.899. The van der Waals surface area contributed by atoms with Gasteiger partial charge in [-0.3, -0.25) is 4.79 Å². The summed E-state index contributed by atoms with van der Waals surface area (Å²) in [7, 11) is 0. The Bertz CT molecular complexity index is 466. The summed E-state index contributed by atoms with van der Waals surface area (Å²) < 4.78 is 31.2. The molecule has 4 nitrogen and oxygen atoms in total. The zero-order chi connectivity index (χ0) is 13.9. The van der Waals surface area contributed by atoms with Crippen LogP contribution in [-0.2, 0) is 11.3 Å². The van der Waals surface area contributed by atoms with E-state index in [0.29, 0.717) is 12.3 Å². The van der Waals surface area contributed by atoms with Gasteiger partial charge in [0, 0.05) is 19.5 Å². The highest BCUT2D eigenvalue weighted by Gasteiger charge is 2.40. The number of rotatable bonds is 4. The lowest BCUT2D eigenvalue weighted by Crippen LogP contribution is -2.34. The largest absolute Gasteiger partial charge is 0.484 e. The Hall–Kier alpha value is -1.69. The first-order valence-electron chi connectivity index (χ1n) is 6.07. The van der Waals surface area contributed by atoms with Crippen molar-refractivity contribution in [3.05, 3.63) is 29.8 Å². The molecule has 0 spiro atoms. The molecule has 0 aliphatic carbocycles. The molecule has 1 aromatic rings. The predicted molar refractivity (Wildman–Crippen MR) is 66.0 cm³/mol. The molecule has 104 valence electrons. The van der Waals surface area contributed by atoms with E-state index in [0.717, 1.165) is 10.5 Å². The summed E-state index contributed by atoms with van der Waals surface area (Å²) in [5.41, 5.74) is 6.38. The first-order chi connectivity index (χ1) is 9.00. The molecule has 1 saturated heterocycles. The maximum atomic E-state index is 13.0. The third-order valence-electron chi connectivity index (χ3n) is 3.02. The van der Waals surface area contributed by atoms with Gasteiger partial charge < -0.3 is 15.4 Å². The Morgan fingerprint density at radius 2 is 2.26 bits per heavy atom. The summed E-state index contributed by atoms with van der Waals surface area (Å²) in [5.74, 6) is -2.67. The van der Waals surface area contributed by atoms with Crippen molar-refractivity contribution in [2.75, 3.05) is 19.7 Å². The van der Waals surface area contributed by atoms with Crippen molar-refractivity contribution in [2.45, 2.75) is 18.9 Å². The number of ether oxygens (including phenoxy) is 1. The van der Waals surface area contributed by atoms with E-state index < -0.39 is 18.4 Å². The van der Waals surface area contributed by atoms with E-state index in [9.17, 15) is 13.6 Å². The summed E-state index contributed by atoms with van der Waals surface area (Å²) in [5, 5.41) is 0. The van der Waals surface area contributed by atoms with Gasteiger partial charge in [-0.25, -0.2) is 8.78 Å². The second-order valence-electron chi connectivity index (χ2n) is 4.56. The lowest BCUT2D eigenvalue weighted by Gasteiger charge is -2.16. The number of benzene rings is 1. The van der Waals surface area contributed by atoms with Gasteiger partial charge in [-0.05, 0) is 17.7 Å². The standard InChI is InChI=1S/C13H16F2N2O2/c14-13(15)4-5-17(9-13)12(18)8-19-11-3-1-2-10(6-11)7-16/h1-3,6H,4-5,7-9,16H2. The van der Waals surface area contributed by atoms with Gasteiger partial charge in [0.25, 0.3) is 11.8 Å². The smallest absolute Gasteiger partial charge is 0.267 e. The normalized spacial score (nSPS) is 17.5.